The highest BCUT2D eigenvalue weighted by Crippen LogP contribution is 2.30. The number of anilines is 1. The second-order valence-corrected chi connectivity index (χ2v) is 11.4. The van der Waals surface area contributed by atoms with E-state index in [2.05, 4.69) is 17.6 Å². The van der Waals surface area contributed by atoms with Crippen LogP contribution in [0.15, 0.2) is 91.0 Å². The summed E-state index contributed by atoms with van der Waals surface area (Å²) < 4.78 is 30.0. The normalized spacial score (nSPS) is 12.1. The number of carbonyl (C=O) groups excluding carboxylic acids is 2. The molecule has 0 bridgehead atoms. The van der Waals surface area contributed by atoms with Crippen LogP contribution in [-0.4, -0.2) is 47.8 Å². The summed E-state index contributed by atoms with van der Waals surface area (Å²) in [6.07, 6.45) is 4.25. The minimum absolute atomic E-state index is 0.0436. The number of unbranched alkanes of at least 4 members (excludes halogenated alkanes) is 4. The lowest BCUT2D eigenvalue weighted by Crippen LogP contribution is -2.40. The van der Waals surface area contributed by atoms with Gasteiger partial charge in [-0.2, -0.15) is 0 Å². The van der Waals surface area contributed by atoms with Crippen molar-refractivity contribution in [1.82, 2.24) is 5.32 Å². The van der Waals surface area contributed by atoms with Gasteiger partial charge in [0.1, 0.15) is 23.8 Å². The van der Waals surface area contributed by atoms with E-state index < -0.39 is 35.9 Å². The summed E-state index contributed by atoms with van der Waals surface area (Å²) in [7, 11) is 1.41. The molecule has 11 heteroatoms. The van der Waals surface area contributed by atoms with Gasteiger partial charge in [-0.05, 0) is 96.8 Å². The number of carboxylic acid groups (broad SMARTS) is 1. The molecule has 0 aromatic heterocycles. The van der Waals surface area contributed by atoms with Crippen molar-refractivity contribution in [2.75, 3.05) is 19.0 Å². The van der Waals surface area contributed by atoms with E-state index in [4.69, 9.17) is 14.2 Å². The van der Waals surface area contributed by atoms with Crippen LogP contribution in [0.1, 0.15) is 77.1 Å². The van der Waals surface area contributed by atoms with E-state index in [9.17, 15) is 29.0 Å². The number of amides is 1. The van der Waals surface area contributed by atoms with E-state index in [1.807, 2.05) is 0 Å². The number of methoxy groups -OCH3 is 1. The summed E-state index contributed by atoms with van der Waals surface area (Å²) in [5, 5.41) is 26.2. The zero-order valence-corrected chi connectivity index (χ0v) is 27.5. The van der Waals surface area contributed by atoms with Crippen molar-refractivity contribution in [3.05, 3.63) is 119 Å². The van der Waals surface area contributed by atoms with Crippen molar-refractivity contribution in [3.63, 3.8) is 0 Å². The molecule has 0 saturated heterocycles. The molecule has 10 nitrogen and oxygen atoms in total. The Morgan fingerprint density at radius 3 is 2.24 bits per heavy atom. The van der Waals surface area contributed by atoms with Crippen LogP contribution in [0.25, 0.3) is 0 Å². The van der Waals surface area contributed by atoms with Crippen LogP contribution in [0.3, 0.4) is 0 Å². The van der Waals surface area contributed by atoms with Gasteiger partial charge >= 0.3 is 11.9 Å². The van der Waals surface area contributed by atoms with Gasteiger partial charge in [0.2, 0.25) is 0 Å². The minimum Gasteiger partial charge on any atom is -0.494 e. The average Bonchev–Trinajstić information content (AvgIpc) is 3.10. The third-order valence-corrected chi connectivity index (χ3v) is 7.70. The smallest absolute Gasteiger partial charge is 0.343 e. The topological polar surface area (TPSA) is 143 Å². The van der Waals surface area contributed by atoms with Crippen molar-refractivity contribution in [2.24, 2.45) is 0 Å². The summed E-state index contributed by atoms with van der Waals surface area (Å²) in [6, 6.07) is 21.5. The molecule has 0 radical (unpaired) electrons. The predicted molar refractivity (Wildman–Crippen MR) is 183 cm³/mol. The Morgan fingerprint density at radius 1 is 0.837 bits per heavy atom. The molecule has 49 heavy (non-hydrogen) atoms. The van der Waals surface area contributed by atoms with E-state index in [-0.39, 0.29) is 23.5 Å². The van der Waals surface area contributed by atoms with Gasteiger partial charge in [-0.15, -0.1) is 0 Å². The second kappa shape index (κ2) is 18.3. The fourth-order valence-electron chi connectivity index (χ4n) is 5.00. The van der Waals surface area contributed by atoms with Crippen LogP contribution in [0.4, 0.5) is 10.1 Å². The summed E-state index contributed by atoms with van der Waals surface area (Å²) in [6.45, 7) is 2.79. The molecule has 0 heterocycles. The Kier molecular flexibility index (Phi) is 13.7. The van der Waals surface area contributed by atoms with Gasteiger partial charge < -0.3 is 29.7 Å². The Labute approximate surface area is 284 Å². The molecule has 0 fully saturated rings. The predicted octanol–water partition coefficient (Wildman–Crippen LogP) is 6.93. The maximum absolute atomic E-state index is 13.2. The molecule has 1 amide bonds. The molecule has 0 aliphatic carbocycles. The van der Waals surface area contributed by atoms with Crippen molar-refractivity contribution >= 4 is 23.5 Å². The molecule has 4 aromatic rings. The number of nitrogens with one attached hydrogen (secondary N) is 2. The van der Waals surface area contributed by atoms with Crippen LogP contribution >= 0.6 is 0 Å². The molecule has 0 saturated carbocycles. The summed E-state index contributed by atoms with van der Waals surface area (Å²) >= 11 is 0. The highest BCUT2D eigenvalue weighted by Gasteiger charge is 2.23. The SMILES string of the molecule is CCCCCCCOc1ccc(C(=O)Oc2ccc(CC(NC(O)c3cccc(NC(=O)c4ccc(F)cc4)c3)C(=O)O)cc2OC)cc1. The van der Waals surface area contributed by atoms with Gasteiger partial charge in [0, 0.05) is 11.3 Å². The molecule has 258 valence electrons. The fourth-order valence-corrected chi connectivity index (χ4v) is 5.00. The quantitative estimate of drug-likeness (QED) is 0.0383. The third-order valence-electron chi connectivity index (χ3n) is 7.70. The number of hydrogen-bond acceptors (Lipinski definition) is 8. The minimum atomic E-state index is -1.39. The van der Waals surface area contributed by atoms with Crippen molar-refractivity contribution in [1.29, 1.82) is 0 Å². The number of hydrogen-bond donors (Lipinski definition) is 4. The van der Waals surface area contributed by atoms with Crippen LogP contribution in [0.2, 0.25) is 0 Å². The molecule has 0 aliphatic rings. The molecular formula is C38H41FN2O8. The molecule has 0 spiro atoms. The number of rotatable bonds is 18. The number of aliphatic hydroxyl groups excluding tert-OH is 1. The number of aliphatic hydroxyl groups is 1. The first-order valence-electron chi connectivity index (χ1n) is 16.1. The number of ether oxygens (including phenoxy) is 3. The lowest BCUT2D eigenvalue weighted by Gasteiger charge is -2.21. The van der Waals surface area contributed by atoms with Crippen LogP contribution in [0, 0.1) is 5.82 Å². The lowest BCUT2D eigenvalue weighted by molar-refractivity contribution is -0.140. The van der Waals surface area contributed by atoms with E-state index in [0.717, 1.165) is 12.8 Å². The highest BCUT2D eigenvalue weighted by atomic mass is 19.1. The standard InChI is InChI=1S/C38H41FN2O8/c1-3-4-5-6-7-21-48-31-18-14-27(15-19-31)38(46)49-33-20-11-25(23-34(33)47-2)22-32(37(44)45)41-36(43)28-9-8-10-30(24-28)40-35(42)26-12-16-29(39)17-13-26/h8-20,23-24,32,36,41,43H,3-7,21-22H2,1-2H3,(H,40,42)(H,44,45). The molecule has 2 atom stereocenters. The van der Waals surface area contributed by atoms with E-state index in [1.54, 1.807) is 54.6 Å². The number of benzene rings is 4. The first-order valence-corrected chi connectivity index (χ1v) is 16.1. The van der Waals surface area contributed by atoms with Gasteiger partial charge in [0.15, 0.2) is 11.5 Å². The zero-order chi connectivity index (χ0) is 35.2. The summed E-state index contributed by atoms with van der Waals surface area (Å²) in [5.74, 6) is -1.70. The summed E-state index contributed by atoms with van der Waals surface area (Å²) in [5.41, 5.74) is 1.78. The van der Waals surface area contributed by atoms with Crippen LogP contribution in [-0.2, 0) is 11.2 Å². The van der Waals surface area contributed by atoms with E-state index in [1.165, 1.54) is 62.8 Å². The Bertz CT molecular complexity index is 1700. The Hall–Kier alpha value is -5.26. The first-order chi connectivity index (χ1) is 23.7. The fraction of sp³-hybridized carbons (Fsp3) is 0.289. The van der Waals surface area contributed by atoms with Gasteiger partial charge in [0.05, 0.1) is 19.3 Å². The maximum atomic E-state index is 13.2. The highest BCUT2D eigenvalue weighted by molar-refractivity contribution is 6.04. The van der Waals surface area contributed by atoms with Crippen LogP contribution in [0.5, 0.6) is 17.2 Å². The molecule has 2 unspecified atom stereocenters. The lowest BCUT2D eigenvalue weighted by atomic mass is 10.0. The Balaban J connectivity index is 1.34. The van der Waals surface area contributed by atoms with E-state index in [0.29, 0.717) is 34.7 Å². The van der Waals surface area contributed by atoms with E-state index >= 15 is 0 Å². The van der Waals surface area contributed by atoms with Gasteiger partial charge in [0.25, 0.3) is 5.91 Å². The largest absolute Gasteiger partial charge is 0.494 e. The molecule has 0 aliphatic heterocycles. The number of esters is 1. The molecular weight excluding hydrogens is 631 g/mol. The summed E-state index contributed by atoms with van der Waals surface area (Å²) in [4.78, 5) is 37.5. The zero-order valence-electron chi connectivity index (χ0n) is 27.5. The maximum Gasteiger partial charge on any atom is 0.343 e. The second-order valence-electron chi connectivity index (χ2n) is 11.4. The average molecular weight is 673 g/mol. The first kappa shape index (κ1) is 36.6. The molecule has 4 N–H and O–H groups in total. The van der Waals surface area contributed by atoms with Crippen molar-refractivity contribution < 1.29 is 43.2 Å². The van der Waals surface area contributed by atoms with Gasteiger partial charge in [-0.3, -0.25) is 14.9 Å². The van der Waals surface area contributed by atoms with Crippen LogP contribution < -0.4 is 24.8 Å². The number of halogens is 1. The Morgan fingerprint density at radius 2 is 1.55 bits per heavy atom. The third kappa shape index (κ3) is 11.2. The number of carbonyl (C=O) groups is 3. The molecule has 4 aromatic carbocycles. The van der Waals surface area contributed by atoms with Crippen molar-refractivity contribution in [3.8, 4) is 17.2 Å². The van der Waals surface area contributed by atoms with Gasteiger partial charge in [-0.1, -0.05) is 50.8 Å². The number of aliphatic carboxylic acids is 1. The number of carboxylic acids is 1. The van der Waals surface area contributed by atoms with Gasteiger partial charge in [-0.25, -0.2) is 9.18 Å². The molecule has 4 rings (SSSR count). The monoisotopic (exact) mass is 672 g/mol. The van der Waals surface area contributed by atoms with Crippen molar-refractivity contribution in [2.45, 2.75) is 57.7 Å².